The largest absolute Gasteiger partial charge is 0.410 e. The van der Waals surface area contributed by atoms with Crippen LogP contribution in [0.3, 0.4) is 0 Å². The highest BCUT2D eigenvalue weighted by atomic mass is 19.4. The Morgan fingerprint density at radius 3 is 2.67 bits per heavy atom. The quantitative estimate of drug-likeness (QED) is 0.408. The summed E-state index contributed by atoms with van der Waals surface area (Å²) in [4.78, 5) is 18.6. The van der Waals surface area contributed by atoms with Gasteiger partial charge in [-0.05, 0) is 31.0 Å². The molecule has 1 atom stereocenters. The maximum Gasteiger partial charge on any atom is 0.410 e. The zero-order valence-electron chi connectivity index (χ0n) is 21.8. The molecule has 5 heterocycles. The predicted molar refractivity (Wildman–Crippen MR) is 140 cm³/mol. The van der Waals surface area contributed by atoms with E-state index in [9.17, 15) is 18.0 Å². The summed E-state index contributed by atoms with van der Waals surface area (Å²) in [6.07, 6.45) is 0.0743. The van der Waals surface area contributed by atoms with Gasteiger partial charge in [-0.2, -0.15) is 18.3 Å². The number of hydrogen-bond donors (Lipinski definition) is 1. The number of benzene rings is 1. The van der Waals surface area contributed by atoms with Gasteiger partial charge in [-0.3, -0.25) is 4.79 Å². The summed E-state index contributed by atoms with van der Waals surface area (Å²) in [5, 5.41) is 12.9. The number of ether oxygens (including phenoxy) is 1. The number of alkyl halides is 3. The standard InChI is InChI=1S/C26H28F3N9O2/c1-16(39)35-7-8-36(23(14-35)26(27,28)29)19-4-2-3-17(11-19)21-12-20(24-25(30)31-15-33-38(21)24)22-13-32-34-37(22)18-5-9-40-10-6-18/h2-4,11-13,15,18,23H,5-10,14H2,1H3,(H2,30,31,33). The van der Waals surface area contributed by atoms with E-state index in [-0.39, 0.29) is 30.9 Å². The number of carbonyl (C=O) groups is 1. The van der Waals surface area contributed by atoms with E-state index < -0.39 is 18.8 Å². The fraction of sp³-hybridized carbons (Fsp3) is 0.423. The van der Waals surface area contributed by atoms with E-state index in [0.29, 0.717) is 35.7 Å². The number of nitrogens with zero attached hydrogens (tertiary/aromatic N) is 8. The third-order valence-corrected chi connectivity index (χ3v) is 7.65. The van der Waals surface area contributed by atoms with E-state index in [2.05, 4.69) is 20.4 Å². The molecule has 0 saturated carbocycles. The van der Waals surface area contributed by atoms with Crippen molar-refractivity contribution in [2.24, 2.45) is 0 Å². The highest BCUT2D eigenvalue weighted by Crippen LogP contribution is 2.38. The summed E-state index contributed by atoms with van der Waals surface area (Å²) in [6, 6.07) is 7.06. The fourth-order valence-corrected chi connectivity index (χ4v) is 5.61. The lowest BCUT2D eigenvalue weighted by molar-refractivity contribution is -0.160. The van der Waals surface area contributed by atoms with Crippen LogP contribution in [0.2, 0.25) is 0 Å². The van der Waals surface area contributed by atoms with E-state index in [1.165, 1.54) is 23.1 Å². The van der Waals surface area contributed by atoms with Crippen molar-refractivity contribution in [2.45, 2.75) is 38.0 Å². The molecule has 14 heteroatoms. The topological polar surface area (TPSA) is 120 Å². The van der Waals surface area contributed by atoms with Crippen molar-refractivity contribution in [3.05, 3.63) is 42.9 Å². The van der Waals surface area contributed by atoms with Crippen molar-refractivity contribution >= 4 is 22.9 Å². The molecule has 2 N–H and O–H groups in total. The van der Waals surface area contributed by atoms with E-state index >= 15 is 0 Å². The molecule has 1 aromatic carbocycles. The molecule has 0 bridgehead atoms. The maximum absolute atomic E-state index is 14.1. The van der Waals surface area contributed by atoms with Crippen LogP contribution in [0.4, 0.5) is 24.7 Å². The highest BCUT2D eigenvalue weighted by Gasteiger charge is 2.47. The molecule has 0 spiro atoms. The number of piperazine rings is 1. The van der Waals surface area contributed by atoms with Gasteiger partial charge in [0.25, 0.3) is 0 Å². The van der Waals surface area contributed by atoms with E-state index in [1.54, 1.807) is 28.9 Å². The van der Waals surface area contributed by atoms with Crippen LogP contribution < -0.4 is 10.6 Å². The highest BCUT2D eigenvalue weighted by molar-refractivity contribution is 5.91. The van der Waals surface area contributed by atoms with E-state index in [4.69, 9.17) is 10.5 Å². The monoisotopic (exact) mass is 555 g/mol. The Morgan fingerprint density at radius 2 is 1.93 bits per heavy atom. The Morgan fingerprint density at radius 1 is 1.12 bits per heavy atom. The summed E-state index contributed by atoms with van der Waals surface area (Å²) in [7, 11) is 0. The third kappa shape index (κ3) is 4.61. The summed E-state index contributed by atoms with van der Waals surface area (Å²) in [6.45, 7) is 2.38. The van der Waals surface area contributed by atoms with Gasteiger partial charge < -0.3 is 20.3 Å². The van der Waals surface area contributed by atoms with Gasteiger partial charge in [0.15, 0.2) is 5.82 Å². The fourth-order valence-electron chi connectivity index (χ4n) is 5.61. The second-order valence-electron chi connectivity index (χ2n) is 10.0. The molecular weight excluding hydrogens is 527 g/mol. The molecule has 0 aliphatic carbocycles. The molecule has 2 saturated heterocycles. The van der Waals surface area contributed by atoms with Gasteiger partial charge in [-0.15, -0.1) is 5.10 Å². The summed E-state index contributed by atoms with van der Waals surface area (Å²) in [5.74, 6) is -0.119. The first-order valence-electron chi connectivity index (χ1n) is 13.0. The summed E-state index contributed by atoms with van der Waals surface area (Å²) >= 11 is 0. The van der Waals surface area contributed by atoms with E-state index in [1.807, 2.05) is 16.8 Å². The number of aromatic nitrogens is 6. The van der Waals surface area contributed by atoms with Crippen LogP contribution in [0, 0.1) is 0 Å². The Kier molecular flexibility index (Phi) is 6.56. The van der Waals surface area contributed by atoms with Crippen LogP contribution in [0.5, 0.6) is 0 Å². The lowest BCUT2D eigenvalue weighted by Gasteiger charge is -2.43. The number of carbonyl (C=O) groups excluding carboxylic acids is 1. The van der Waals surface area contributed by atoms with E-state index in [0.717, 1.165) is 24.1 Å². The number of fused-ring (bicyclic) bond motifs is 1. The van der Waals surface area contributed by atoms with Crippen molar-refractivity contribution < 1.29 is 22.7 Å². The van der Waals surface area contributed by atoms with Crippen LogP contribution in [-0.4, -0.2) is 85.5 Å². The van der Waals surface area contributed by atoms with Crippen LogP contribution >= 0.6 is 0 Å². The first-order chi connectivity index (χ1) is 19.2. The number of anilines is 2. The number of hydrogen-bond acceptors (Lipinski definition) is 8. The van der Waals surface area contributed by atoms with Crippen molar-refractivity contribution in [1.29, 1.82) is 0 Å². The van der Waals surface area contributed by atoms with Gasteiger partial charge in [0.2, 0.25) is 5.91 Å². The lowest BCUT2D eigenvalue weighted by Crippen LogP contribution is -2.60. The smallest absolute Gasteiger partial charge is 0.382 e. The molecule has 4 aromatic rings. The minimum atomic E-state index is -4.52. The second-order valence-corrected chi connectivity index (χ2v) is 10.0. The maximum atomic E-state index is 14.1. The molecule has 2 fully saturated rings. The zero-order valence-corrected chi connectivity index (χ0v) is 21.8. The molecule has 6 rings (SSSR count). The summed E-state index contributed by atoms with van der Waals surface area (Å²) < 4.78 is 51.3. The molecule has 40 heavy (non-hydrogen) atoms. The molecule has 210 valence electrons. The molecule has 3 aromatic heterocycles. The van der Waals surface area contributed by atoms with Crippen LogP contribution in [0.25, 0.3) is 28.0 Å². The number of halogens is 3. The van der Waals surface area contributed by atoms with Crippen LogP contribution in [-0.2, 0) is 9.53 Å². The molecule has 11 nitrogen and oxygen atoms in total. The molecule has 0 radical (unpaired) electrons. The van der Waals surface area contributed by atoms with Gasteiger partial charge in [-0.25, -0.2) is 14.2 Å². The van der Waals surface area contributed by atoms with Crippen LogP contribution in [0.1, 0.15) is 25.8 Å². The summed E-state index contributed by atoms with van der Waals surface area (Å²) in [5.41, 5.74) is 10.0. The van der Waals surface area contributed by atoms with Crippen molar-refractivity contribution in [2.75, 3.05) is 43.5 Å². The Bertz CT molecular complexity index is 1540. The normalized spacial score (nSPS) is 18.9. The minimum absolute atomic E-state index is 0.0540. The van der Waals surface area contributed by atoms with Gasteiger partial charge in [0, 0.05) is 56.6 Å². The lowest BCUT2D eigenvalue weighted by atomic mass is 10.1. The van der Waals surface area contributed by atoms with Crippen LogP contribution in [0.15, 0.2) is 42.9 Å². The van der Waals surface area contributed by atoms with Gasteiger partial charge >= 0.3 is 6.18 Å². The zero-order chi connectivity index (χ0) is 28.0. The Labute approximate surface area is 227 Å². The van der Waals surface area contributed by atoms with Crippen molar-refractivity contribution in [3.8, 4) is 22.5 Å². The number of rotatable bonds is 4. The average Bonchev–Trinajstić information content (AvgIpc) is 3.59. The Balaban J connectivity index is 1.43. The Hall–Kier alpha value is -4.20. The predicted octanol–water partition coefficient (Wildman–Crippen LogP) is 3.19. The van der Waals surface area contributed by atoms with Gasteiger partial charge in [0.05, 0.1) is 23.6 Å². The third-order valence-electron chi connectivity index (χ3n) is 7.65. The first kappa shape index (κ1) is 26.0. The molecule has 1 amide bonds. The number of nitrogen functional groups attached to an aromatic ring is 1. The van der Waals surface area contributed by atoms with Crippen molar-refractivity contribution in [3.63, 3.8) is 0 Å². The molecular formula is C26H28F3N9O2. The number of amides is 1. The minimum Gasteiger partial charge on any atom is -0.382 e. The number of nitrogens with two attached hydrogens (primary N) is 1. The first-order valence-corrected chi connectivity index (χ1v) is 13.0. The molecule has 1 unspecified atom stereocenters. The average molecular weight is 556 g/mol. The second kappa shape index (κ2) is 10.1. The molecule has 2 aliphatic rings. The molecule has 2 aliphatic heterocycles. The van der Waals surface area contributed by atoms with Gasteiger partial charge in [-0.1, -0.05) is 17.3 Å². The SMILES string of the molecule is CC(=O)N1CCN(c2cccc(-c3cc(-c4cnnn4C4CCOCC4)c4c(N)ncnn34)c2)C(C(F)(F)F)C1. The van der Waals surface area contributed by atoms with Gasteiger partial charge in [0.1, 0.15) is 17.9 Å². The van der Waals surface area contributed by atoms with Crippen molar-refractivity contribution in [1.82, 2.24) is 34.5 Å².